The van der Waals surface area contributed by atoms with Crippen molar-refractivity contribution in [1.29, 1.82) is 0 Å². The number of hydrogen-bond donors (Lipinski definition) is 0. The van der Waals surface area contributed by atoms with Gasteiger partial charge in [0.2, 0.25) is 5.91 Å². The zero-order chi connectivity index (χ0) is 21.3. The molecule has 3 heterocycles. The number of nitrogens with zero attached hydrogens (tertiary/aromatic N) is 1. The van der Waals surface area contributed by atoms with Crippen molar-refractivity contribution in [3.05, 3.63) is 68.9 Å². The summed E-state index contributed by atoms with van der Waals surface area (Å²) in [6.07, 6.45) is 2.32. The third kappa shape index (κ3) is 4.11. The van der Waals surface area contributed by atoms with Crippen molar-refractivity contribution in [1.82, 2.24) is 4.90 Å². The smallest absolute Gasteiger partial charge is 0.336 e. The maximum absolute atomic E-state index is 12.5. The first-order chi connectivity index (χ1) is 14.4. The zero-order valence-electron chi connectivity index (χ0n) is 16.4. The molecule has 0 saturated carbocycles. The fraction of sp³-hybridized carbons (Fsp3) is 0.318. The third-order valence-electron chi connectivity index (χ3n) is 5.22. The van der Waals surface area contributed by atoms with E-state index in [-0.39, 0.29) is 25.5 Å². The number of halogens is 1. The van der Waals surface area contributed by atoms with Crippen molar-refractivity contribution in [2.75, 3.05) is 6.54 Å². The molecule has 0 spiro atoms. The number of furan rings is 1. The predicted octanol–water partition coefficient (Wildman–Crippen LogP) is 3.69. The zero-order valence-corrected chi connectivity index (χ0v) is 17.1. The Bertz CT molecular complexity index is 1150. The van der Waals surface area contributed by atoms with E-state index in [1.807, 2.05) is 6.92 Å². The van der Waals surface area contributed by atoms with Crippen LogP contribution in [0.15, 0.2) is 50.2 Å². The number of aryl methyl sites for hydroxylation is 1. The molecular weight excluding hydrogens is 410 g/mol. The molecule has 3 aromatic rings. The highest BCUT2D eigenvalue weighted by atomic mass is 35.5. The molecule has 4 rings (SSSR count). The maximum atomic E-state index is 12.5. The number of benzene rings is 1. The van der Waals surface area contributed by atoms with E-state index in [9.17, 15) is 14.4 Å². The van der Waals surface area contributed by atoms with Crippen molar-refractivity contribution >= 4 is 34.4 Å². The van der Waals surface area contributed by atoms with Gasteiger partial charge in [0.25, 0.3) is 0 Å². The molecule has 0 aliphatic carbocycles. The molecule has 1 aliphatic rings. The van der Waals surface area contributed by atoms with E-state index in [4.69, 9.17) is 25.2 Å². The Morgan fingerprint density at radius 3 is 2.83 bits per heavy atom. The molecular formula is C22H20ClNO6. The lowest BCUT2D eigenvalue weighted by molar-refractivity contribution is -0.149. The molecule has 1 aromatic carbocycles. The molecule has 0 unspecified atom stereocenters. The quantitative estimate of drug-likeness (QED) is 0.438. The lowest BCUT2D eigenvalue weighted by atomic mass is 10.1. The van der Waals surface area contributed by atoms with Crippen LogP contribution in [-0.4, -0.2) is 23.3 Å². The minimum atomic E-state index is -0.561. The molecule has 0 N–H and O–H groups in total. The van der Waals surface area contributed by atoms with Crippen LogP contribution in [0.3, 0.4) is 0 Å². The Morgan fingerprint density at radius 2 is 2.10 bits per heavy atom. The van der Waals surface area contributed by atoms with Crippen molar-refractivity contribution in [2.24, 2.45) is 5.92 Å². The highest BCUT2D eigenvalue weighted by Crippen LogP contribution is 2.27. The van der Waals surface area contributed by atoms with Crippen LogP contribution in [0.2, 0.25) is 5.02 Å². The number of amides is 1. The van der Waals surface area contributed by atoms with Gasteiger partial charge in [0.1, 0.15) is 18.0 Å². The Labute approximate surface area is 177 Å². The van der Waals surface area contributed by atoms with Crippen LogP contribution in [-0.2, 0) is 33.9 Å². The van der Waals surface area contributed by atoms with Gasteiger partial charge in [-0.3, -0.25) is 9.59 Å². The Morgan fingerprint density at radius 1 is 1.27 bits per heavy atom. The van der Waals surface area contributed by atoms with E-state index >= 15 is 0 Å². The summed E-state index contributed by atoms with van der Waals surface area (Å²) >= 11 is 6.29. The summed E-state index contributed by atoms with van der Waals surface area (Å²) in [6, 6.07) is 8.26. The highest BCUT2D eigenvalue weighted by Gasteiger charge is 2.35. The molecule has 7 nitrogen and oxygen atoms in total. The number of likely N-dealkylation sites (tertiary alicyclic amines) is 1. The van der Waals surface area contributed by atoms with Crippen molar-refractivity contribution in [3.63, 3.8) is 0 Å². The monoisotopic (exact) mass is 429 g/mol. The topological polar surface area (TPSA) is 90.0 Å². The fourth-order valence-corrected chi connectivity index (χ4v) is 3.92. The molecule has 1 aliphatic heterocycles. The summed E-state index contributed by atoms with van der Waals surface area (Å²) in [5.41, 5.74) is 1.24. The van der Waals surface area contributed by atoms with Gasteiger partial charge in [-0.25, -0.2) is 4.79 Å². The summed E-state index contributed by atoms with van der Waals surface area (Å²) in [6.45, 7) is 2.43. The summed E-state index contributed by atoms with van der Waals surface area (Å²) in [7, 11) is 0. The van der Waals surface area contributed by atoms with Gasteiger partial charge in [0.15, 0.2) is 0 Å². The number of hydrogen-bond acceptors (Lipinski definition) is 6. The largest absolute Gasteiger partial charge is 0.467 e. The van der Waals surface area contributed by atoms with Gasteiger partial charge in [-0.1, -0.05) is 18.5 Å². The SMILES string of the molecule is CCc1cc2oc(=O)cc(COC(=O)[C@@H]3CC(=O)N(Cc4ccco4)C3)c2cc1Cl. The second kappa shape index (κ2) is 8.36. The van der Waals surface area contributed by atoms with Gasteiger partial charge in [-0.05, 0) is 36.2 Å². The van der Waals surface area contributed by atoms with Gasteiger partial charge < -0.3 is 18.5 Å². The predicted molar refractivity (Wildman–Crippen MR) is 109 cm³/mol. The van der Waals surface area contributed by atoms with E-state index in [1.165, 1.54) is 12.3 Å². The fourth-order valence-electron chi connectivity index (χ4n) is 3.62. The van der Waals surface area contributed by atoms with E-state index < -0.39 is 17.5 Å². The average Bonchev–Trinajstić information content (AvgIpc) is 3.36. The first kappa shape index (κ1) is 20.2. The minimum Gasteiger partial charge on any atom is -0.467 e. The molecule has 1 amide bonds. The second-order valence-corrected chi connectivity index (χ2v) is 7.65. The van der Waals surface area contributed by atoms with E-state index in [0.717, 1.165) is 5.56 Å². The van der Waals surface area contributed by atoms with Crippen molar-refractivity contribution < 1.29 is 23.2 Å². The molecule has 30 heavy (non-hydrogen) atoms. The molecule has 1 fully saturated rings. The van der Waals surface area contributed by atoms with Gasteiger partial charge in [0.05, 0.1) is 18.7 Å². The molecule has 1 saturated heterocycles. The Hall–Kier alpha value is -3.06. The number of fused-ring (bicyclic) bond motifs is 1. The number of carbonyl (C=O) groups is 2. The lowest BCUT2D eigenvalue weighted by Crippen LogP contribution is -2.26. The lowest BCUT2D eigenvalue weighted by Gasteiger charge is -2.15. The highest BCUT2D eigenvalue weighted by molar-refractivity contribution is 6.32. The second-order valence-electron chi connectivity index (χ2n) is 7.25. The van der Waals surface area contributed by atoms with E-state index in [0.29, 0.717) is 40.3 Å². The van der Waals surface area contributed by atoms with Crippen LogP contribution in [0.4, 0.5) is 0 Å². The molecule has 2 aromatic heterocycles. The number of carbonyl (C=O) groups excluding carboxylic acids is 2. The molecule has 0 radical (unpaired) electrons. The number of rotatable bonds is 6. The van der Waals surface area contributed by atoms with Crippen LogP contribution >= 0.6 is 11.6 Å². The minimum absolute atomic E-state index is 0.0862. The first-order valence-electron chi connectivity index (χ1n) is 9.66. The Balaban J connectivity index is 1.46. The van der Waals surface area contributed by atoms with E-state index in [2.05, 4.69) is 0 Å². The van der Waals surface area contributed by atoms with Gasteiger partial charge in [-0.15, -0.1) is 0 Å². The maximum Gasteiger partial charge on any atom is 0.336 e. The van der Waals surface area contributed by atoms with Gasteiger partial charge in [-0.2, -0.15) is 0 Å². The summed E-state index contributed by atoms with van der Waals surface area (Å²) < 4.78 is 16.0. The van der Waals surface area contributed by atoms with Crippen LogP contribution in [0.1, 0.15) is 30.2 Å². The van der Waals surface area contributed by atoms with Gasteiger partial charge in [0, 0.05) is 35.0 Å². The molecule has 156 valence electrons. The Kier molecular flexibility index (Phi) is 5.63. The molecule has 1 atom stereocenters. The van der Waals surface area contributed by atoms with Crippen molar-refractivity contribution in [3.8, 4) is 0 Å². The normalized spacial score (nSPS) is 16.4. The van der Waals surface area contributed by atoms with Crippen LogP contribution in [0, 0.1) is 5.92 Å². The number of esters is 1. The standard InChI is InChI=1S/C22H20ClNO6/c1-2-13-6-19-17(9-18(13)23)15(8-21(26)30-19)12-29-22(27)14-7-20(25)24(10-14)11-16-4-3-5-28-16/h3-6,8-9,14H,2,7,10-12H2,1H3/t14-/m1/s1. The summed E-state index contributed by atoms with van der Waals surface area (Å²) in [4.78, 5) is 38.3. The number of ether oxygens (including phenoxy) is 1. The van der Waals surface area contributed by atoms with Crippen LogP contribution in [0.5, 0.6) is 0 Å². The molecule has 8 heteroatoms. The van der Waals surface area contributed by atoms with Crippen LogP contribution < -0.4 is 5.63 Å². The first-order valence-corrected chi connectivity index (χ1v) is 10.0. The van der Waals surface area contributed by atoms with Crippen molar-refractivity contribution in [2.45, 2.75) is 32.9 Å². The summed E-state index contributed by atoms with van der Waals surface area (Å²) in [5, 5.41) is 1.17. The summed E-state index contributed by atoms with van der Waals surface area (Å²) in [5.74, 6) is -0.515. The van der Waals surface area contributed by atoms with E-state index in [1.54, 1.807) is 29.2 Å². The third-order valence-corrected chi connectivity index (χ3v) is 5.57. The van der Waals surface area contributed by atoms with Gasteiger partial charge >= 0.3 is 11.6 Å². The average molecular weight is 430 g/mol. The van der Waals surface area contributed by atoms with Crippen LogP contribution in [0.25, 0.3) is 11.0 Å². The molecule has 0 bridgehead atoms.